The van der Waals surface area contributed by atoms with E-state index in [1.165, 1.54) is 51.4 Å². The lowest BCUT2D eigenvalue weighted by atomic mass is 10.1. The van der Waals surface area contributed by atoms with Crippen molar-refractivity contribution in [1.29, 1.82) is 0 Å². The van der Waals surface area contributed by atoms with Crippen molar-refractivity contribution in [2.24, 2.45) is 5.73 Å². The normalized spacial score (nSPS) is 11.1. The minimum atomic E-state index is -0.169. The van der Waals surface area contributed by atoms with E-state index in [9.17, 15) is 4.79 Å². The first-order chi connectivity index (χ1) is 8.27. The average molecular weight is 239 g/mol. The molecule has 0 bridgehead atoms. The zero-order chi connectivity index (χ0) is 12.8. The van der Waals surface area contributed by atoms with E-state index < -0.39 is 0 Å². The highest BCUT2D eigenvalue weighted by Crippen LogP contribution is 2.07. The lowest BCUT2D eigenvalue weighted by Gasteiger charge is -1.97. The molecule has 0 aliphatic heterocycles. The van der Waals surface area contributed by atoms with Crippen molar-refractivity contribution >= 4 is 5.91 Å². The van der Waals surface area contributed by atoms with Crippen LogP contribution in [0.2, 0.25) is 0 Å². The molecule has 100 valence electrons. The van der Waals surface area contributed by atoms with Crippen molar-refractivity contribution in [1.82, 2.24) is 0 Å². The van der Waals surface area contributed by atoms with Gasteiger partial charge in [0.2, 0.25) is 5.91 Å². The second-order valence-corrected chi connectivity index (χ2v) is 4.74. The lowest BCUT2D eigenvalue weighted by Crippen LogP contribution is -2.09. The summed E-state index contributed by atoms with van der Waals surface area (Å²) in [5, 5.41) is 0. The van der Waals surface area contributed by atoms with Gasteiger partial charge in [-0.15, -0.1) is 0 Å². The van der Waals surface area contributed by atoms with Crippen molar-refractivity contribution in [2.45, 2.75) is 77.6 Å². The third-order valence-corrected chi connectivity index (χ3v) is 2.93. The Morgan fingerprint density at radius 3 is 1.94 bits per heavy atom. The summed E-state index contributed by atoms with van der Waals surface area (Å²) in [4.78, 5) is 10.5. The van der Waals surface area contributed by atoms with E-state index in [1.54, 1.807) is 0 Å². The van der Waals surface area contributed by atoms with Gasteiger partial charge in [-0.2, -0.15) is 0 Å². The molecule has 2 heteroatoms. The van der Waals surface area contributed by atoms with Crippen LogP contribution in [0.15, 0.2) is 12.2 Å². The van der Waals surface area contributed by atoms with Crippen molar-refractivity contribution in [3.05, 3.63) is 12.2 Å². The van der Waals surface area contributed by atoms with Crippen LogP contribution in [0.4, 0.5) is 0 Å². The van der Waals surface area contributed by atoms with E-state index in [2.05, 4.69) is 19.1 Å². The third kappa shape index (κ3) is 15.2. The van der Waals surface area contributed by atoms with E-state index in [0.717, 1.165) is 12.8 Å². The first-order valence-corrected chi connectivity index (χ1v) is 7.20. The van der Waals surface area contributed by atoms with E-state index in [-0.39, 0.29) is 5.91 Å². The zero-order valence-electron chi connectivity index (χ0n) is 11.4. The number of carbonyl (C=O) groups is 1. The summed E-state index contributed by atoms with van der Waals surface area (Å²) in [6.07, 6.45) is 17.5. The number of rotatable bonds is 12. The molecule has 0 fully saturated rings. The highest BCUT2D eigenvalue weighted by Gasteiger charge is 1.93. The summed E-state index contributed by atoms with van der Waals surface area (Å²) < 4.78 is 0. The van der Waals surface area contributed by atoms with E-state index in [1.807, 2.05) is 0 Å². The second kappa shape index (κ2) is 13.3. The Bertz CT molecular complexity index is 199. The van der Waals surface area contributed by atoms with Gasteiger partial charge in [0.15, 0.2) is 0 Å². The van der Waals surface area contributed by atoms with Crippen molar-refractivity contribution in [3.63, 3.8) is 0 Å². The van der Waals surface area contributed by atoms with Crippen LogP contribution in [0.1, 0.15) is 77.6 Å². The molecule has 0 aromatic heterocycles. The number of amides is 1. The predicted molar refractivity (Wildman–Crippen MR) is 74.8 cm³/mol. The number of carbonyl (C=O) groups excluding carboxylic acids is 1. The minimum Gasteiger partial charge on any atom is -0.370 e. The summed E-state index contributed by atoms with van der Waals surface area (Å²) in [6.45, 7) is 2.24. The fourth-order valence-corrected chi connectivity index (χ4v) is 1.84. The molecule has 0 aliphatic rings. The van der Waals surface area contributed by atoms with Crippen LogP contribution in [0.5, 0.6) is 0 Å². The summed E-state index contributed by atoms with van der Waals surface area (Å²) in [5.41, 5.74) is 5.07. The quantitative estimate of drug-likeness (QED) is 0.399. The number of nitrogens with two attached hydrogens (primary N) is 1. The molecule has 2 nitrogen and oxygen atoms in total. The molecule has 1 amide bonds. The zero-order valence-corrected chi connectivity index (χ0v) is 11.4. The van der Waals surface area contributed by atoms with Crippen LogP contribution < -0.4 is 5.73 Å². The van der Waals surface area contributed by atoms with Gasteiger partial charge in [-0.3, -0.25) is 4.79 Å². The smallest absolute Gasteiger partial charge is 0.217 e. The Morgan fingerprint density at radius 1 is 0.882 bits per heavy atom. The van der Waals surface area contributed by atoms with Gasteiger partial charge in [0.05, 0.1) is 0 Å². The molecule has 0 heterocycles. The number of unbranched alkanes of at least 4 members (excludes halogenated alkanes) is 8. The molecule has 0 spiro atoms. The monoisotopic (exact) mass is 239 g/mol. The Balaban J connectivity index is 3.06. The van der Waals surface area contributed by atoms with Gasteiger partial charge in [0, 0.05) is 6.42 Å². The molecule has 0 radical (unpaired) electrons. The predicted octanol–water partition coefficient (Wildman–Crippen LogP) is 4.34. The van der Waals surface area contributed by atoms with Crippen LogP contribution >= 0.6 is 0 Å². The van der Waals surface area contributed by atoms with E-state index >= 15 is 0 Å². The number of allylic oxidation sites excluding steroid dienone is 2. The summed E-state index contributed by atoms with van der Waals surface area (Å²) in [5.74, 6) is -0.169. The molecule has 0 rings (SSSR count). The minimum absolute atomic E-state index is 0.169. The van der Waals surface area contributed by atoms with Gasteiger partial charge < -0.3 is 5.73 Å². The SMILES string of the molecule is CCCCCCC=CCCCCCCC(N)=O. The fraction of sp³-hybridized carbons (Fsp3) is 0.800. The van der Waals surface area contributed by atoms with Crippen molar-refractivity contribution in [2.75, 3.05) is 0 Å². The largest absolute Gasteiger partial charge is 0.370 e. The highest BCUT2D eigenvalue weighted by molar-refractivity contribution is 5.73. The molecule has 2 N–H and O–H groups in total. The van der Waals surface area contributed by atoms with Gasteiger partial charge in [-0.05, 0) is 32.1 Å². The number of hydrogen-bond acceptors (Lipinski definition) is 1. The Labute approximate surface area is 107 Å². The molecular formula is C15H29NO. The van der Waals surface area contributed by atoms with Gasteiger partial charge in [-0.1, -0.05) is 51.2 Å². The first-order valence-electron chi connectivity index (χ1n) is 7.20. The van der Waals surface area contributed by atoms with Crippen LogP contribution in [0.25, 0.3) is 0 Å². The molecule has 0 aliphatic carbocycles. The molecule has 17 heavy (non-hydrogen) atoms. The molecule has 0 aromatic rings. The van der Waals surface area contributed by atoms with Gasteiger partial charge in [0.1, 0.15) is 0 Å². The van der Waals surface area contributed by atoms with E-state index in [0.29, 0.717) is 6.42 Å². The Morgan fingerprint density at radius 2 is 1.41 bits per heavy atom. The van der Waals surface area contributed by atoms with E-state index in [4.69, 9.17) is 5.73 Å². The topological polar surface area (TPSA) is 43.1 Å². The fourth-order valence-electron chi connectivity index (χ4n) is 1.84. The van der Waals surface area contributed by atoms with Crippen LogP contribution in [-0.2, 0) is 4.79 Å². The molecule has 0 unspecified atom stereocenters. The lowest BCUT2D eigenvalue weighted by molar-refractivity contribution is -0.118. The van der Waals surface area contributed by atoms with Gasteiger partial charge >= 0.3 is 0 Å². The number of primary amides is 1. The van der Waals surface area contributed by atoms with Crippen LogP contribution in [0, 0.1) is 0 Å². The summed E-state index contributed by atoms with van der Waals surface area (Å²) in [6, 6.07) is 0. The van der Waals surface area contributed by atoms with Crippen LogP contribution in [-0.4, -0.2) is 5.91 Å². The van der Waals surface area contributed by atoms with Crippen molar-refractivity contribution < 1.29 is 4.79 Å². The maximum Gasteiger partial charge on any atom is 0.217 e. The standard InChI is InChI=1S/C15H29NO/c1-2-3-4-5-6-7-8-9-10-11-12-13-14-15(16)17/h7-8H,2-6,9-14H2,1H3,(H2,16,17). The van der Waals surface area contributed by atoms with Crippen molar-refractivity contribution in [3.8, 4) is 0 Å². The maximum absolute atomic E-state index is 10.5. The van der Waals surface area contributed by atoms with Gasteiger partial charge in [-0.25, -0.2) is 0 Å². The Kier molecular flexibility index (Phi) is 12.7. The van der Waals surface area contributed by atoms with Crippen LogP contribution in [0.3, 0.4) is 0 Å². The maximum atomic E-state index is 10.5. The second-order valence-electron chi connectivity index (χ2n) is 4.74. The Hall–Kier alpha value is -0.790. The molecule has 0 saturated heterocycles. The molecule has 0 atom stereocenters. The summed E-state index contributed by atoms with van der Waals surface area (Å²) in [7, 11) is 0. The first kappa shape index (κ1) is 16.2. The molecular weight excluding hydrogens is 210 g/mol. The average Bonchev–Trinajstić information content (AvgIpc) is 2.30. The van der Waals surface area contributed by atoms with Gasteiger partial charge in [0.25, 0.3) is 0 Å². The number of hydrogen-bond donors (Lipinski definition) is 1. The summed E-state index contributed by atoms with van der Waals surface area (Å²) >= 11 is 0. The molecule has 0 saturated carbocycles. The highest BCUT2D eigenvalue weighted by atomic mass is 16.1. The molecule has 0 aromatic carbocycles. The third-order valence-electron chi connectivity index (χ3n) is 2.93.